The molecule has 0 saturated carbocycles. The maximum atomic E-state index is 11.8. The highest BCUT2D eigenvalue weighted by Crippen LogP contribution is 2.16. The van der Waals surface area contributed by atoms with Crippen molar-refractivity contribution < 1.29 is 8.42 Å². The van der Waals surface area contributed by atoms with Gasteiger partial charge >= 0.3 is 0 Å². The van der Waals surface area contributed by atoms with E-state index in [4.69, 9.17) is 16.9 Å². The van der Waals surface area contributed by atoms with Gasteiger partial charge in [0.15, 0.2) is 0 Å². The molecular weight excluding hydrogens is 262 g/mol. The summed E-state index contributed by atoms with van der Waals surface area (Å²) in [7, 11) is -3.63. The van der Waals surface area contributed by atoms with Crippen LogP contribution < -0.4 is 4.72 Å². The number of rotatable bonds is 4. The number of sulfonamides is 1. The van der Waals surface area contributed by atoms with Crippen molar-refractivity contribution in [3.05, 3.63) is 23.0 Å². The lowest BCUT2D eigenvalue weighted by Crippen LogP contribution is -2.28. The Morgan fingerprint density at radius 3 is 2.82 bits per heavy atom. The molecule has 0 fully saturated rings. The van der Waals surface area contributed by atoms with Crippen LogP contribution in [0.5, 0.6) is 0 Å². The zero-order chi connectivity index (χ0) is 13.1. The van der Waals surface area contributed by atoms with E-state index in [0.717, 1.165) is 0 Å². The van der Waals surface area contributed by atoms with Crippen LogP contribution in [0.4, 0.5) is 0 Å². The standard InChI is InChI=1S/C10H12ClN3O2S/c1-7(4-12)5-14-17(15,16)9-3-8(2)10(11)13-6-9/h3,6-7,14H,5H2,1-2H3/t7-/m1/s1. The minimum Gasteiger partial charge on any atom is -0.243 e. The van der Waals surface area contributed by atoms with Gasteiger partial charge in [-0.05, 0) is 25.5 Å². The molecule has 1 N–H and O–H groups in total. The lowest BCUT2D eigenvalue weighted by atomic mass is 10.2. The first-order valence-electron chi connectivity index (χ1n) is 4.88. The summed E-state index contributed by atoms with van der Waals surface area (Å²) in [5.41, 5.74) is 0.586. The predicted octanol–water partition coefficient (Wildman–Crippen LogP) is 1.48. The Bertz CT molecular complexity index is 551. The van der Waals surface area contributed by atoms with Gasteiger partial charge in [-0.1, -0.05) is 11.6 Å². The fraction of sp³-hybridized carbons (Fsp3) is 0.400. The molecule has 5 nitrogen and oxygen atoms in total. The van der Waals surface area contributed by atoms with Gasteiger partial charge in [-0.25, -0.2) is 18.1 Å². The summed E-state index contributed by atoms with van der Waals surface area (Å²) in [6.07, 6.45) is 1.19. The molecule has 0 amide bonds. The third-order valence-corrected chi connectivity index (χ3v) is 3.89. The Morgan fingerprint density at radius 1 is 1.65 bits per heavy atom. The SMILES string of the molecule is Cc1cc(S(=O)(=O)NC[C@H](C)C#N)cnc1Cl. The Morgan fingerprint density at radius 2 is 2.29 bits per heavy atom. The minimum atomic E-state index is -3.63. The van der Waals surface area contributed by atoms with Crippen LogP contribution in [0.1, 0.15) is 12.5 Å². The third-order valence-electron chi connectivity index (χ3n) is 2.10. The molecule has 0 unspecified atom stereocenters. The van der Waals surface area contributed by atoms with Gasteiger partial charge in [-0.3, -0.25) is 0 Å². The van der Waals surface area contributed by atoms with Gasteiger partial charge < -0.3 is 0 Å². The van der Waals surface area contributed by atoms with E-state index in [0.29, 0.717) is 5.56 Å². The van der Waals surface area contributed by atoms with E-state index >= 15 is 0 Å². The molecule has 1 aromatic rings. The molecule has 0 radical (unpaired) electrons. The van der Waals surface area contributed by atoms with Crippen LogP contribution in [-0.4, -0.2) is 19.9 Å². The molecule has 0 aromatic carbocycles. The minimum absolute atomic E-state index is 0.0459. The van der Waals surface area contributed by atoms with Crippen molar-refractivity contribution in [2.75, 3.05) is 6.54 Å². The number of aromatic nitrogens is 1. The Balaban J connectivity index is 2.91. The molecular formula is C10H12ClN3O2S. The molecule has 0 bridgehead atoms. The summed E-state index contributed by atoms with van der Waals surface area (Å²) in [5.74, 6) is -0.383. The van der Waals surface area contributed by atoms with Crippen molar-refractivity contribution in [2.24, 2.45) is 5.92 Å². The summed E-state index contributed by atoms with van der Waals surface area (Å²) in [6, 6.07) is 3.38. The summed E-state index contributed by atoms with van der Waals surface area (Å²) < 4.78 is 26.0. The average Bonchev–Trinajstić information content (AvgIpc) is 2.29. The van der Waals surface area contributed by atoms with Crippen molar-refractivity contribution in [3.8, 4) is 6.07 Å². The van der Waals surface area contributed by atoms with Crippen molar-refractivity contribution in [3.63, 3.8) is 0 Å². The van der Waals surface area contributed by atoms with Crippen LogP contribution in [0, 0.1) is 24.2 Å². The highest BCUT2D eigenvalue weighted by Gasteiger charge is 2.16. The van der Waals surface area contributed by atoms with Crippen molar-refractivity contribution >= 4 is 21.6 Å². The van der Waals surface area contributed by atoms with E-state index in [1.165, 1.54) is 12.3 Å². The normalized spacial score (nSPS) is 13.1. The quantitative estimate of drug-likeness (QED) is 0.843. The monoisotopic (exact) mass is 273 g/mol. The molecule has 0 aliphatic carbocycles. The van der Waals surface area contributed by atoms with Crippen molar-refractivity contribution in [1.29, 1.82) is 5.26 Å². The lowest BCUT2D eigenvalue weighted by molar-refractivity contribution is 0.572. The highest BCUT2D eigenvalue weighted by atomic mass is 35.5. The van der Waals surface area contributed by atoms with Gasteiger partial charge in [0.25, 0.3) is 0 Å². The zero-order valence-corrected chi connectivity index (χ0v) is 11.0. The van der Waals surface area contributed by atoms with Gasteiger partial charge in [-0.15, -0.1) is 0 Å². The number of nitrogens with one attached hydrogen (secondary N) is 1. The van der Waals surface area contributed by atoms with Gasteiger partial charge in [0.1, 0.15) is 10.0 Å². The van der Waals surface area contributed by atoms with E-state index in [1.54, 1.807) is 13.8 Å². The summed E-state index contributed by atoms with van der Waals surface area (Å²) >= 11 is 5.71. The van der Waals surface area contributed by atoms with Crippen molar-refractivity contribution in [2.45, 2.75) is 18.7 Å². The second-order valence-electron chi connectivity index (χ2n) is 3.66. The van der Waals surface area contributed by atoms with E-state index in [1.807, 2.05) is 6.07 Å². The lowest BCUT2D eigenvalue weighted by Gasteiger charge is -2.08. The smallest absolute Gasteiger partial charge is 0.242 e. The van der Waals surface area contributed by atoms with Crippen LogP contribution in [0.2, 0.25) is 5.15 Å². The number of hydrogen-bond donors (Lipinski definition) is 1. The van der Waals surface area contributed by atoms with Crippen LogP contribution in [0.15, 0.2) is 17.2 Å². The number of aryl methyl sites for hydroxylation is 1. The molecule has 0 aliphatic heterocycles. The topological polar surface area (TPSA) is 82.9 Å². The molecule has 0 spiro atoms. The molecule has 17 heavy (non-hydrogen) atoms. The molecule has 0 aliphatic rings. The molecule has 1 atom stereocenters. The number of nitriles is 1. The third kappa shape index (κ3) is 3.66. The number of pyridine rings is 1. The van der Waals surface area contributed by atoms with E-state index in [-0.39, 0.29) is 22.5 Å². The average molecular weight is 274 g/mol. The molecule has 0 saturated heterocycles. The van der Waals surface area contributed by atoms with Gasteiger partial charge in [0.2, 0.25) is 10.0 Å². The van der Waals surface area contributed by atoms with Crippen molar-refractivity contribution in [1.82, 2.24) is 9.71 Å². The number of halogens is 1. The fourth-order valence-corrected chi connectivity index (χ4v) is 2.31. The van der Waals surface area contributed by atoms with Crippen LogP contribution in [0.3, 0.4) is 0 Å². The second kappa shape index (κ2) is 5.45. The van der Waals surface area contributed by atoms with Gasteiger partial charge in [-0.2, -0.15) is 5.26 Å². The van der Waals surface area contributed by atoms with Crippen LogP contribution in [-0.2, 0) is 10.0 Å². The Kier molecular flexibility index (Phi) is 4.46. The second-order valence-corrected chi connectivity index (χ2v) is 5.79. The molecule has 7 heteroatoms. The van der Waals surface area contributed by atoms with Gasteiger partial charge in [0, 0.05) is 12.7 Å². The van der Waals surface area contributed by atoms with Crippen LogP contribution in [0.25, 0.3) is 0 Å². The molecule has 92 valence electrons. The first-order valence-corrected chi connectivity index (χ1v) is 6.74. The summed E-state index contributed by atoms with van der Waals surface area (Å²) in [5, 5.41) is 8.84. The van der Waals surface area contributed by atoms with E-state index < -0.39 is 10.0 Å². The molecule has 1 aromatic heterocycles. The zero-order valence-electron chi connectivity index (χ0n) is 9.44. The fourth-order valence-electron chi connectivity index (χ4n) is 1.04. The number of hydrogen-bond acceptors (Lipinski definition) is 4. The highest BCUT2D eigenvalue weighted by molar-refractivity contribution is 7.89. The predicted molar refractivity (Wildman–Crippen MR) is 63.9 cm³/mol. The maximum Gasteiger partial charge on any atom is 0.242 e. The molecule has 1 heterocycles. The largest absolute Gasteiger partial charge is 0.243 e. The molecule has 1 rings (SSSR count). The summed E-state index contributed by atoms with van der Waals surface area (Å²) in [4.78, 5) is 3.82. The Labute approximate surface area is 105 Å². The van der Waals surface area contributed by atoms with E-state index in [9.17, 15) is 8.42 Å². The Hall–Kier alpha value is -1.16. The first-order chi connectivity index (χ1) is 7.86. The van der Waals surface area contributed by atoms with E-state index in [2.05, 4.69) is 9.71 Å². The first kappa shape index (κ1) is 13.9. The number of nitrogens with zero attached hydrogens (tertiary/aromatic N) is 2. The summed E-state index contributed by atoms with van der Waals surface area (Å²) in [6.45, 7) is 3.38. The maximum absolute atomic E-state index is 11.8. The van der Waals surface area contributed by atoms with Gasteiger partial charge in [0.05, 0.1) is 12.0 Å². The van der Waals surface area contributed by atoms with Crippen LogP contribution >= 0.6 is 11.6 Å².